The van der Waals surface area contributed by atoms with Gasteiger partial charge >= 0.3 is 0 Å². The Morgan fingerprint density at radius 3 is 2.47 bits per heavy atom. The van der Waals surface area contributed by atoms with E-state index in [1.54, 1.807) is 0 Å². The van der Waals surface area contributed by atoms with Crippen molar-refractivity contribution in [2.24, 2.45) is 11.7 Å². The lowest BCUT2D eigenvalue weighted by Crippen LogP contribution is -2.20. The van der Waals surface area contributed by atoms with Gasteiger partial charge in [-0.1, -0.05) is 12.2 Å². The van der Waals surface area contributed by atoms with Crippen molar-refractivity contribution in [1.29, 1.82) is 0 Å². The molecule has 1 aromatic rings. The zero-order chi connectivity index (χ0) is 10.8. The van der Waals surface area contributed by atoms with Crippen molar-refractivity contribution < 1.29 is 0 Å². The predicted molar refractivity (Wildman–Crippen MR) is 68.3 cm³/mol. The van der Waals surface area contributed by atoms with E-state index < -0.39 is 0 Å². The third kappa shape index (κ3) is 2.69. The number of hydrogen-bond donors (Lipinski definition) is 1. The average molecular weight is 220 g/mol. The highest BCUT2D eigenvalue weighted by Gasteiger charge is 2.22. The minimum absolute atomic E-state index is 0.464. The number of hydrogen-bond acceptors (Lipinski definition) is 2. The molecular weight excluding hydrogens is 204 g/mol. The van der Waals surface area contributed by atoms with Gasteiger partial charge in [0.25, 0.3) is 0 Å². The Morgan fingerprint density at radius 1 is 1.40 bits per heavy atom. The Kier molecular flexibility index (Phi) is 2.91. The van der Waals surface area contributed by atoms with Gasteiger partial charge in [-0.2, -0.15) is 0 Å². The first kappa shape index (κ1) is 10.4. The summed E-state index contributed by atoms with van der Waals surface area (Å²) in [6.45, 7) is 1.16. The van der Waals surface area contributed by atoms with Gasteiger partial charge in [0.1, 0.15) is 4.99 Å². The van der Waals surface area contributed by atoms with E-state index in [9.17, 15) is 0 Å². The van der Waals surface area contributed by atoms with Crippen LogP contribution >= 0.6 is 12.2 Å². The molecule has 0 aromatic heterocycles. The van der Waals surface area contributed by atoms with Crippen molar-refractivity contribution in [2.75, 3.05) is 18.5 Å². The molecule has 1 aliphatic rings. The average Bonchev–Trinajstić information content (AvgIpc) is 3.02. The highest BCUT2D eigenvalue weighted by molar-refractivity contribution is 7.80. The predicted octanol–water partition coefficient (Wildman–Crippen LogP) is 2.17. The Labute approximate surface area is 96.1 Å². The molecule has 3 heteroatoms. The second kappa shape index (κ2) is 4.19. The molecule has 2 rings (SSSR count). The molecule has 0 aliphatic heterocycles. The van der Waals surface area contributed by atoms with Gasteiger partial charge in [0.15, 0.2) is 0 Å². The summed E-state index contributed by atoms with van der Waals surface area (Å²) < 4.78 is 0. The zero-order valence-electron chi connectivity index (χ0n) is 8.94. The van der Waals surface area contributed by atoms with Crippen LogP contribution < -0.4 is 10.6 Å². The maximum atomic E-state index is 5.55. The summed E-state index contributed by atoms with van der Waals surface area (Å²) in [5, 5.41) is 0. The summed E-state index contributed by atoms with van der Waals surface area (Å²) >= 11 is 4.92. The first-order chi connectivity index (χ1) is 7.16. The van der Waals surface area contributed by atoms with Crippen LogP contribution in [-0.2, 0) is 0 Å². The standard InChI is InChI=1S/C12H16N2S/c1-14(8-9-2-3-9)11-6-4-10(5-7-11)12(13)15/h4-7,9H,2-3,8H2,1H3,(H2,13,15). The Balaban J connectivity index is 2.04. The van der Waals surface area contributed by atoms with Gasteiger partial charge in [-0.25, -0.2) is 0 Å². The first-order valence-electron chi connectivity index (χ1n) is 5.28. The lowest BCUT2D eigenvalue weighted by Gasteiger charge is -2.19. The molecule has 0 bridgehead atoms. The fourth-order valence-electron chi connectivity index (χ4n) is 1.67. The maximum Gasteiger partial charge on any atom is 0.103 e. The summed E-state index contributed by atoms with van der Waals surface area (Å²) in [6, 6.07) is 8.13. The third-order valence-corrected chi connectivity index (χ3v) is 3.06. The third-order valence-electron chi connectivity index (χ3n) is 2.82. The monoisotopic (exact) mass is 220 g/mol. The highest BCUT2D eigenvalue weighted by atomic mass is 32.1. The van der Waals surface area contributed by atoms with Gasteiger partial charge in [-0.3, -0.25) is 0 Å². The molecule has 2 N–H and O–H groups in total. The molecule has 0 amide bonds. The van der Waals surface area contributed by atoms with Gasteiger partial charge < -0.3 is 10.6 Å². The summed E-state index contributed by atoms with van der Waals surface area (Å²) in [4.78, 5) is 2.76. The van der Waals surface area contributed by atoms with E-state index in [0.29, 0.717) is 4.99 Å². The van der Waals surface area contributed by atoms with Crippen LogP contribution in [0.2, 0.25) is 0 Å². The van der Waals surface area contributed by atoms with E-state index in [4.69, 9.17) is 18.0 Å². The molecule has 1 aromatic carbocycles. The van der Waals surface area contributed by atoms with Crippen LogP contribution in [0.25, 0.3) is 0 Å². The molecule has 0 radical (unpaired) electrons. The van der Waals surface area contributed by atoms with Crippen LogP contribution in [0.15, 0.2) is 24.3 Å². The molecule has 1 saturated carbocycles. The lowest BCUT2D eigenvalue weighted by molar-refractivity contribution is 0.787. The number of nitrogens with two attached hydrogens (primary N) is 1. The number of benzene rings is 1. The first-order valence-corrected chi connectivity index (χ1v) is 5.68. The van der Waals surface area contributed by atoms with Crippen LogP contribution in [-0.4, -0.2) is 18.6 Å². The van der Waals surface area contributed by atoms with Gasteiger partial charge in [0.2, 0.25) is 0 Å². The minimum Gasteiger partial charge on any atom is -0.389 e. The molecule has 1 fully saturated rings. The van der Waals surface area contributed by atoms with Crippen LogP contribution in [0.1, 0.15) is 18.4 Å². The van der Waals surface area contributed by atoms with E-state index >= 15 is 0 Å². The Hall–Kier alpha value is -1.09. The van der Waals surface area contributed by atoms with Crippen molar-refractivity contribution in [3.63, 3.8) is 0 Å². The molecule has 0 heterocycles. The molecule has 2 nitrogen and oxygen atoms in total. The van der Waals surface area contributed by atoms with Gasteiger partial charge in [-0.15, -0.1) is 0 Å². The second-order valence-corrected chi connectivity index (χ2v) is 4.67. The van der Waals surface area contributed by atoms with Gasteiger partial charge in [-0.05, 0) is 43.0 Å². The molecule has 0 unspecified atom stereocenters. The number of rotatable bonds is 4. The van der Waals surface area contributed by atoms with Crippen LogP contribution in [0, 0.1) is 5.92 Å². The van der Waals surface area contributed by atoms with Gasteiger partial charge in [0.05, 0.1) is 0 Å². The van der Waals surface area contributed by atoms with Crippen molar-refractivity contribution in [3.05, 3.63) is 29.8 Å². The normalized spacial score (nSPS) is 15.0. The number of thiocarbonyl (C=S) groups is 1. The summed E-state index contributed by atoms with van der Waals surface area (Å²) in [5.74, 6) is 0.908. The molecule has 0 saturated heterocycles. The molecular formula is C12H16N2S. The number of nitrogens with zero attached hydrogens (tertiary/aromatic N) is 1. The van der Waals surface area contributed by atoms with Crippen molar-refractivity contribution in [1.82, 2.24) is 0 Å². The van der Waals surface area contributed by atoms with Crippen LogP contribution in [0.5, 0.6) is 0 Å². The summed E-state index contributed by atoms with van der Waals surface area (Å²) in [7, 11) is 2.13. The highest BCUT2D eigenvalue weighted by Crippen LogP contribution is 2.30. The van der Waals surface area contributed by atoms with Crippen LogP contribution in [0.4, 0.5) is 5.69 Å². The topological polar surface area (TPSA) is 29.3 Å². The second-order valence-electron chi connectivity index (χ2n) is 4.24. The van der Waals surface area contributed by atoms with E-state index in [2.05, 4.69) is 24.1 Å². The van der Waals surface area contributed by atoms with Crippen molar-refractivity contribution in [2.45, 2.75) is 12.8 Å². The van der Waals surface area contributed by atoms with E-state index in [0.717, 1.165) is 18.0 Å². The SMILES string of the molecule is CN(CC1CC1)c1ccc(C(N)=S)cc1. The van der Waals surface area contributed by atoms with E-state index in [-0.39, 0.29) is 0 Å². The maximum absolute atomic E-state index is 5.55. The molecule has 15 heavy (non-hydrogen) atoms. The zero-order valence-corrected chi connectivity index (χ0v) is 9.76. The minimum atomic E-state index is 0.464. The molecule has 0 spiro atoms. The molecule has 80 valence electrons. The van der Waals surface area contributed by atoms with E-state index in [1.807, 2.05) is 12.1 Å². The smallest absolute Gasteiger partial charge is 0.103 e. The fraction of sp³-hybridized carbons (Fsp3) is 0.417. The number of anilines is 1. The van der Waals surface area contributed by atoms with Gasteiger partial charge in [0, 0.05) is 24.8 Å². The summed E-state index contributed by atoms with van der Waals surface area (Å²) in [5.41, 5.74) is 7.72. The lowest BCUT2D eigenvalue weighted by atomic mass is 10.2. The van der Waals surface area contributed by atoms with Crippen LogP contribution in [0.3, 0.4) is 0 Å². The Morgan fingerprint density at radius 2 is 2.00 bits per heavy atom. The summed E-state index contributed by atoms with van der Waals surface area (Å²) in [6.07, 6.45) is 2.77. The van der Waals surface area contributed by atoms with Crippen molar-refractivity contribution in [3.8, 4) is 0 Å². The Bertz CT molecular complexity index is 354. The van der Waals surface area contributed by atoms with E-state index in [1.165, 1.54) is 18.5 Å². The fourth-order valence-corrected chi connectivity index (χ4v) is 1.81. The quantitative estimate of drug-likeness (QED) is 0.789. The molecule has 1 aliphatic carbocycles. The largest absolute Gasteiger partial charge is 0.389 e. The molecule has 0 atom stereocenters. The van der Waals surface area contributed by atoms with Crippen molar-refractivity contribution >= 4 is 22.9 Å².